The molecule has 134 valence electrons. The van der Waals surface area contributed by atoms with Gasteiger partial charge in [-0.25, -0.2) is 0 Å². The number of nitrogens with one attached hydrogen (secondary N) is 1. The Morgan fingerprint density at radius 3 is 2.12 bits per heavy atom. The van der Waals surface area contributed by atoms with Crippen LogP contribution in [0.2, 0.25) is 0 Å². The summed E-state index contributed by atoms with van der Waals surface area (Å²) in [5, 5.41) is 13.7. The van der Waals surface area contributed by atoms with E-state index in [0.717, 1.165) is 5.56 Å². The maximum Gasteiger partial charge on any atom is 0.269 e. The van der Waals surface area contributed by atoms with Gasteiger partial charge in [-0.15, -0.1) is 13.2 Å². The first kappa shape index (κ1) is 19.1. The highest BCUT2D eigenvalue weighted by Gasteiger charge is 2.30. The predicted octanol–water partition coefficient (Wildman–Crippen LogP) is 4.41. The smallest absolute Gasteiger partial charge is 0.269 e. The van der Waals surface area contributed by atoms with Gasteiger partial charge in [0, 0.05) is 29.7 Å². The minimum Gasteiger partial charge on any atom is -0.351 e. The maximum absolute atomic E-state index is 12.5. The minimum absolute atomic E-state index is 0.0431. The van der Waals surface area contributed by atoms with E-state index in [1.807, 2.05) is 42.5 Å². The molecule has 5 nitrogen and oxygen atoms in total. The summed E-state index contributed by atoms with van der Waals surface area (Å²) in [4.78, 5) is 22.7. The second kappa shape index (κ2) is 8.76. The first-order valence-electron chi connectivity index (χ1n) is 8.32. The van der Waals surface area contributed by atoms with E-state index in [-0.39, 0.29) is 17.0 Å². The highest BCUT2D eigenvalue weighted by atomic mass is 16.6. The van der Waals surface area contributed by atoms with Crippen LogP contribution in [0.3, 0.4) is 0 Å². The van der Waals surface area contributed by atoms with Crippen molar-refractivity contribution in [1.82, 2.24) is 5.32 Å². The standard InChI is InChI=1S/C21H22N2O3/c1-3-14-21(15-4-2,18-8-6-5-7-9-18)16-22-20(24)17-10-12-19(13-11-17)23(25)26/h3-13H,1-2,14-16H2,(H,22,24). The molecule has 0 aliphatic heterocycles. The number of hydrogen-bond donors (Lipinski definition) is 1. The molecule has 2 aromatic carbocycles. The summed E-state index contributed by atoms with van der Waals surface area (Å²) >= 11 is 0. The topological polar surface area (TPSA) is 72.2 Å². The van der Waals surface area contributed by atoms with E-state index in [9.17, 15) is 14.9 Å². The van der Waals surface area contributed by atoms with Gasteiger partial charge in [-0.1, -0.05) is 42.5 Å². The fourth-order valence-corrected chi connectivity index (χ4v) is 3.00. The second-order valence-corrected chi connectivity index (χ2v) is 6.12. The third-order valence-corrected chi connectivity index (χ3v) is 4.38. The van der Waals surface area contributed by atoms with Crippen LogP contribution in [0.15, 0.2) is 79.9 Å². The fraction of sp³-hybridized carbons (Fsp3) is 0.190. The number of carbonyl (C=O) groups excluding carboxylic acids is 1. The van der Waals surface area contributed by atoms with Gasteiger partial charge in [-0.3, -0.25) is 14.9 Å². The Balaban J connectivity index is 2.20. The van der Waals surface area contributed by atoms with Crippen LogP contribution in [0.25, 0.3) is 0 Å². The van der Waals surface area contributed by atoms with Gasteiger partial charge < -0.3 is 5.32 Å². The molecule has 0 radical (unpaired) electrons. The quantitative estimate of drug-likeness (QED) is 0.413. The summed E-state index contributed by atoms with van der Waals surface area (Å²) in [6, 6.07) is 15.5. The lowest BCUT2D eigenvalue weighted by molar-refractivity contribution is -0.384. The van der Waals surface area contributed by atoms with Crippen molar-refractivity contribution in [2.45, 2.75) is 18.3 Å². The Bertz CT molecular complexity index is 773. The number of allylic oxidation sites excluding steroid dienone is 2. The Hall–Kier alpha value is -3.21. The number of benzene rings is 2. The number of non-ortho nitro benzene ring substituents is 1. The molecule has 0 spiro atoms. The molecule has 0 unspecified atom stereocenters. The number of nitrogens with zero attached hydrogens (tertiary/aromatic N) is 1. The zero-order valence-electron chi connectivity index (χ0n) is 14.6. The molecule has 1 amide bonds. The molecule has 0 atom stereocenters. The Morgan fingerprint density at radius 2 is 1.62 bits per heavy atom. The van der Waals surface area contributed by atoms with Crippen molar-refractivity contribution in [1.29, 1.82) is 0 Å². The highest BCUT2D eigenvalue weighted by Crippen LogP contribution is 2.32. The fourth-order valence-electron chi connectivity index (χ4n) is 3.00. The molecule has 2 rings (SSSR count). The van der Waals surface area contributed by atoms with Crippen LogP contribution in [0.1, 0.15) is 28.8 Å². The van der Waals surface area contributed by atoms with Crippen LogP contribution < -0.4 is 5.32 Å². The summed E-state index contributed by atoms with van der Waals surface area (Å²) in [6.45, 7) is 8.12. The van der Waals surface area contributed by atoms with Crippen molar-refractivity contribution >= 4 is 11.6 Å². The van der Waals surface area contributed by atoms with Crippen LogP contribution in [0.4, 0.5) is 5.69 Å². The second-order valence-electron chi connectivity index (χ2n) is 6.12. The van der Waals surface area contributed by atoms with Gasteiger partial charge in [-0.05, 0) is 30.5 Å². The van der Waals surface area contributed by atoms with Gasteiger partial charge in [-0.2, -0.15) is 0 Å². The molecule has 26 heavy (non-hydrogen) atoms. The lowest BCUT2D eigenvalue weighted by atomic mass is 9.74. The molecular formula is C21H22N2O3. The molecule has 0 saturated carbocycles. The first-order chi connectivity index (χ1) is 12.5. The van der Waals surface area contributed by atoms with Crippen LogP contribution in [-0.4, -0.2) is 17.4 Å². The number of amides is 1. The van der Waals surface area contributed by atoms with Crippen molar-refractivity contribution in [2.24, 2.45) is 0 Å². The van der Waals surface area contributed by atoms with Crippen molar-refractivity contribution < 1.29 is 9.72 Å². The monoisotopic (exact) mass is 350 g/mol. The van der Waals surface area contributed by atoms with Crippen LogP contribution in [0, 0.1) is 10.1 Å². The minimum atomic E-state index is -0.490. The van der Waals surface area contributed by atoms with Crippen LogP contribution in [0.5, 0.6) is 0 Å². The Kier molecular flexibility index (Phi) is 6.44. The number of hydrogen-bond acceptors (Lipinski definition) is 3. The van der Waals surface area contributed by atoms with Gasteiger partial charge in [0.05, 0.1) is 4.92 Å². The van der Waals surface area contributed by atoms with E-state index in [4.69, 9.17) is 0 Å². The number of rotatable bonds is 9. The van der Waals surface area contributed by atoms with E-state index in [1.165, 1.54) is 24.3 Å². The maximum atomic E-state index is 12.5. The van der Waals surface area contributed by atoms with Crippen molar-refractivity contribution in [2.75, 3.05) is 6.54 Å². The van der Waals surface area contributed by atoms with Gasteiger partial charge in [0.1, 0.15) is 0 Å². The number of nitro groups is 1. The molecule has 5 heteroatoms. The van der Waals surface area contributed by atoms with Crippen LogP contribution in [-0.2, 0) is 5.41 Å². The molecule has 0 aliphatic carbocycles. The average Bonchev–Trinajstić information content (AvgIpc) is 2.67. The summed E-state index contributed by atoms with van der Waals surface area (Å²) in [5.41, 5.74) is 1.11. The van der Waals surface area contributed by atoms with Gasteiger partial charge >= 0.3 is 0 Å². The summed E-state index contributed by atoms with van der Waals surface area (Å²) in [7, 11) is 0. The third-order valence-electron chi connectivity index (χ3n) is 4.38. The predicted molar refractivity (Wildman–Crippen MR) is 103 cm³/mol. The SMILES string of the molecule is C=CCC(CC=C)(CNC(=O)c1ccc([N+](=O)[O-])cc1)c1ccccc1. The molecule has 0 heterocycles. The zero-order valence-corrected chi connectivity index (χ0v) is 14.6. The van der Waals surface area contributed by atoms with E-state index in [0.29, 0.717) is 24.9 Å². The van der Waals surface area contributed by atoms with E-state index < -0.39 is 4.92 Å². The number of carbonyl (C=O) groups is 1. The molecule has 2 aromatic rings. The number of nitro benzene ring substituents is 1. The summed E-state index contributed by atoms with van der Waals surface area (Å²) in [5.74, 6) is -0.270. The Morgan fingerprint density at radius 1 is 1.04 bits per heavy atom. The molecule has 0 fully saturated rings. The first-order valence-corrected chi connectivity index (χ1v) is 8.32. The van der Waals surface area contributed by atoms with Crippen molar-refractivity contribution in [3.05, 3.63) is 101 Å². The molecule has 0 bridgehead atoms. The highest BCUT2D eigenvalue weighted by molar-refractivity contribution is 5.94. The lowest BCUT2D eigenvalue weighted by Gasteiger charge is -2.33. The van der Waals surface area contributed by atoms with E-state index in [2.05, 4.69) is 18.5 Å². The average molecular weight is 350 g/mol. The van der Waals surface area contributed by atoms with E-state index in [1.54, 1.807) is 0 Å². The molecule has 0 aromatic heterocycles. The van der Waals surface area contributed by atoms with E-state index >= 15 is 0 Å². The van der Waals surface area contributed by atoms with Gasteiger partial charge in [0.2, 0.25) is 0 Å². The van der Waals surface area contributed by atoms with Crippen LogP contribution >= 0.6 is 0 Å². The van der Waals surface area contributed by atoms with Crippen molar-refractivity contribution in [3.63, 3.8) is 0 Å². The normalized spacial score (nSPS) is 10.8. The summed E-state index contributed by atoms with van der Waals surface area (Å²) < 4.78 is 0. The molecule has 0 saturated heterocycles. The molecule has 0 aliphatic rings. The van der Waals surface area contributed by atoms with Gasteiger partial charge in [0.25, 0.3) is 11.6 Å². The van der Waals surface area contributed by atoms with Crippen molar-refractivity contribution in [3.8, 4) is 0 Å². The summed E-state index contributed by atoms with van der Waals surface area (Å²) in [6.07, 6.45) is 5.05. The Labute approximate surface area is 153 Å². The van der Waals surface area contributed by atoms with Gasteiger partial charge in [0.15, 0.2) is 0 Å². The third kappa shape index (κ3) is 4.45. The molecular weight excluding hydrogens is 328 g/mol. The molecule has 1 N–H and O–H groups in total. The largest absolute Gasteiger partial charge is 0.351 e. The lowest BCUT2D eigenvalue weighted by Crippen LogP contribution is -2.40. The zero-order chi connectivity index (χ0) is 19.0.